The van der Waals surface area contributed by atoms with Crippen molar-refractivity contribution in [1.82, 2.24) is 9.78 Å². The van der Waals surface area contributed by atoms with Crippen molar-refractivity contribution >= 4 is 10.1 Å². The minimum atomic E-state index is -4.07. The van der Waals surface area contributed by atoms with Crippen LogP contribution in [0.15, 0.2) is 10.9 Å². The van der Waals surface area contributed by atoms with Gasteiger partial charge in [0, 0.05) is 12.6 Å². The zero-order valence-electron chi connectivity index (χ0n) is 7.02. The van der Waals surface area contributed by atoms with Crippen molar-refractivity contribution < 1.29 is 13.0 Å². The maximum Gasteiger partial charge on any atom is 0.270 e. The van der Waals surface area contributed by atoms with Gasteiger partial charge in [0.1, 0.15) is 5.75 Å². The Morgan fingerprint density at radius 3 is 2.62 bits per heavy atom. The van der Waals surface area contributed by atoms with Crippen molar-refractivity contribution in [2.75, 3.05) is 0 Å². The van der Waals surface area contributed by atoms with Gasteiger partial charge in [-0.3, -0.25) is 19.1 Å². The minimum Gasteiger partial charge on any atom is -0.299 e. The van der Waals surface area contributed by atoms with E-state index in [9.17, 15) is 13.2 Å². The predicted molar refractivity (Wildman–Crippen MR) is 46.0 cm³/mol. The molecule has 1 heterocycles. The molecule has 0 saturated heterocycles. The number of nitrogens with zero attached hydrogens (tertiary/aromatic N) is 1. The second kappa shape index (κ2) is 3.35. The van der Waals surface area contributed by atoms with E-state index in [1.807, 2.05) is 0 Å². The van der Waals surface area contributed by atoms with E-state index in [-0.39, 0.29) is 11.3 Å². The van der Waals surface area contributed by atoms with Crippen LogP contribution in [0.3, 0.4) is 0 Å². The van der Waals surface area contributed by atoms with Crippen LogP contribution in [-0.4, -0.2) is 22.8 Å². The second-order valence-corrected chi connectivity index (χ2v) is 4.04. The lowest BCUT2D eigenvalue weighted by molar-refractivity contribution is 0.481. The molecular weight excluding hydrogens is 196 g/mol. The highest BCUT2D eigenvalue weighted by Gasteiger charge is 2.09. The van der Waals surface area contributed by atoms with Gasteiger partial charge in [-0.2, -0.15) is 8.42 Å². The van der Waals surface area contributed by atoms with E-state index in [0.29, 0.717) is 6.54 Å². The van der Waals surface area contributed by atoms with E-state index in [1.54, 1.807) is 6.92 Å². The Kier molecular flexibility index (Phi) is 2.58. The molecule has 0 spiro atoms. The molecule has 2 N–H and O–H groups in total. The van der Waals surface area contributed by atoms with Gasteiger partial charge in [0.2, 0.25) is 0 Å². The Morgan fingerprint density at radius 2 is 2.23 bits per heavy atom. The van der Waals surface area contributed by atoms with Crippen molar-refractivity contribution in [3.05, 3.63) is 22.1 Å². The number of hydrogen-bond acceptors (Lipinski definition) is 3. The molecule has 74 valence electrons. The van der Waals surface area contributed by atoms with Crippen LogP contribution in [0, 0.1) is 0 Å². The van der Waals surface area contributed by atoms with E-state index in [1.165, 1.54) is 4.68 Å². The topological polar surface area (TPSA) is 92.2 Å². The summed E-state index contributed by atoms with van der Waals surface area (Å²) in [5.41, 5.74) is -0.115. The molecule has 0 bridgehead atoms. The van der Waals surface area contributed by atoms with Crippen LogP contribution in [0.5, 0.6) is 0 Å². The highest BCUT2D eigenvalue weighted by Crippen LogP contribution is 1.97. The van der Waals surface area contributed by atoms with E-state index in [0.717, 1.165) is 6.07 Å². The fourth-order valence-electron chi connectivity index (χ4n) is 0.993. The molecule has 0 aromatic carbocycles. The van der Waals surface area contributed by atoms with Gasteiger partial charge >= 0.3 is 0 Å². The number of aromatic amines is 1. The van der Waals surface area contributed by atoms with Crippen LogP contribution in [0.4, 0.5) is 0 Å². The zero-order valence-corrected chi connectivity index (χ0v) is 7.84. The molecule has 1 rings (SSSR count). The van der Waals surface area contributed by atoms with Gasteiger partial charge in [-0.1, -0.05) is 0 Å². The Morgan fingerprint density at radius 1 is 1.62 bits per heavy atom. The van der Waals surface area contributed by atoms with Gasteiger partial charge in [0.15, 0.2) is 0 Å². The summed E-state index contributed by atoms with van der Waals surface area (Å²) in [5.74, 6) is -0.560. The second-order valence-electron chi connectivity index (χ2n) is 2.59. The third-order valence-electron chi connectivity index (χ3n) is 1.50. The molecule has 0 atom stereocenters. The number of nitrogens with one attached hydrogen (secondary N) is 1. The first-order valence-corrected chi connectivity index (χ1v) is 5.27. The van der Waals surface area contributed by atoms with E-state index >= 15 is 0 Å². The molecule has 1 aromatic heterocycles. The average Bonchev–Trinajstić information content (AvgIpc) is 2.26. The first-order valence-electron chi connectivity index (χ1n) is 3.66. The zero-order chi connectivity index (χ0) is 10.1. The van der Waals surface area contributed by atoms with E-state index in [4.69, 9.17) is 4.55 Å². The van der Waals surface area contributed by atoms with Gasteiger partial charge in [0.25, 0.3) is 15.7 Å². The Labute approximate surface area is 74.9 Å². The predicted octanol–water partition coefficient (Wildman–Crippen LogP) is -0.416. The van der Waals surface area contributed by atoms with Crippen LogP contribution >= 0.6 is 0 Å². The van der Waals surface area contributed by atoms with Gasteiger partial charge < -0.3 is 0 Å². The standard InChI is InChI=1S/C6H10N2O4S/c1-2-8-6(9)3-5(7-8)4-13(10,11)12/h3,7H,2,4H2,1H3,(H,10,11,12). The summed E-state index contributed by atoms with van der Waals surface area (Å²) < 4.78 is 30.6. The van der Waals surface area contributed by atoms with Crippen LogP contribution in [-0.2, 0) is 22.4 Å². The van der Waals surface area contributed by atoms with Gasteiger partial charge in [-0.25, -0.2) is 0 Å². The van der Waals surface area contributed by atoms with Crippen LogP contribution in [0.2, 0.25) is 0 Å². The molecule has 0 amide bonds. The van der Waals surface area contributed by atoms with Crippen LogP contribution in [0.25, 0.3) is 0 Å². The maximum atomic E-state index is 11.0. The van der Waals surface area contributed by atoms with Crippen molar-refractivity contribution in [2.45, 2.75) is 19.2 Å². The molecule has 0 aliphatic carbocycles. The van der Waals surface area contributed by atoms with Crippen molar-refractivity contribution in [3.8, 4) is 0 Å². The number of aryl methyl sites for hydroxylation is 1. The molecule has 0 aliphatic rings. The largest absolute Gasteiger partial charge is 0.299 e. The first-order chi connectivity index (χ1) is 5.92. The SMILES string of the molecule is CCn1[nH]c(CS(=O)(=O)O)cc1=O. The van der Waals surface area contributed by atoms with Gasteiger partial charge in [-0.05, 0) is 6.92 Å². The molecule has 0 radical (unpaired) electrons. The normalized spacial score (nSPS) is 11.8. The highest BCUT2D eigenvalue weighted by atomic mass is 32.2. The third-order valence-corrected chi connectivity index (χ3v) is 2.17. The smallest absolute Gasteiger partial charge is 0.270 e. The fourth-order valence-corrected chi connectivity index (χ4v) is 1.53. The quantitative estimate of drug-likeness (QED) is 0.657. The number of hydrogen-bond donors (Lipinski definition) is 2. The summed E-state index contributed by atoms with van der Waals surface area (Å²) >= 11 is 0. The Bertz CT molecular complexity index is 441. The highest BCUT2D eigenvalue weighted by molar-refractivity contribution is 7.84. The molecule has 0 unspecified atom stereocenters. The number of aromatic nitrogens is 2. The molecule has 13 heavy (non-hydrogen) atoms. The summed E-state index contributed by atoms with van der Waals surface area (Å²) in [6.45, 7) is 2.18. The van der Waals surface area contributed by atoms with Crippen LogP contribution < -0.4 is 5.56 Å². The van der Waals surface area contributed by atoms with Gasteiger partial charge in [-0.15, -0.1) is 0 Å². The molecular formula is C6H10N2O4S. The third kappa shape index (κ3) is 2.71. The van der Waals surface area contributed by atoms with Crippen molar-refractivity contribution in [2.24, 2.45) is 0 Å². The number of H-pyrrole nitrogens is 1. The summed E-state index contributed by atoms with van der Waals surface area (Å²) in [7, 11) is -4.07. The molecule has 0 fully saturated rings. The van der Waals surface area contributed by atoms with Crippen LogP contribution in [0.1, 0.15) is 12.6 Å². The summed E-state index contributed by atoms with van der Waals surface area (Å²) in [6.07, 6.45) is 0. The first kappa shape index (κ1) is 10.0. The minimum absolute atomic E-state index is 0.189. The lowest BCUT2D eigenvalue weighted by atomic mass is 10.5. The van der Waals surface area contributed by atoms with Crippen molar-refractivity contribution in [3.63, 3.8) is 0 Å². The lowest BCUT2D eigenvalue weighted by Gasteiger charge is -1.95. The summed E-state index contributed by atoms with van der Waals surface area (Å²) in [4.78, 5) is 11.0. The average molecular weight is 206 g/mol. The van der Waals surface area contributed by atoms with Gasteiger partial charge in [0.05, 0.1) is 5.69 Å². The molecule has 0 saturated carbocycles. The van der Waals surface area contributed by atoms with E-state index < -0.39 is 15.9 Å². The fraction of sp³-hybridized carbons (Fsp3) is 0.500. The molecule has 6 nitrogen and oxygen atoms in total. The molecule has 1 aromatic rings. The maximum absolute atomic E-state index is 11.0. The molecule has 0 aliphatic heterocycles. The summed E-state index contributed by atoms with van der Waals surface area (Å²) in [6, 6.07) is 1.15. The monoisotopic (exact) mass is 206 g/mol. The molecule has 7 heteroatoms. The summed E-state index contributed by atoms with van der Waals surface area (Å²) in [5, 5.41) is 2.55. The Balaban J connectivity index is 2.99. The van der Waals surface area contributed by atoms with Crippen molar-refractivity contribution in [1.29, 1.82) is 0 Å². The lowest BCUT2D eigenvalue weighted by Crippen LogP contribution is -2.13. The Hall–Kier alpha value is -1.08. The van der Waals surface area contributed by atoms with E-state index in [2.05, 4.69) is 5.10 Å². The number of rotatable bonds is 3.